The van der Waals surface area contributed by atoms with Crippen molar-refractivity contribution in [3.05, 3.63) is 53.5 Å². The predicted molar refractivity (Wildman–Crippen MR) is 120 cm³/mol. The van der Waals surface area contributed by atoms with Gasteiger partial charge in [0.1, 0.15) is 17.2 Å². The van der Waals surface area contributed by atoms with Crippen molar-refractivity contribution >= 4 is 28.3 Å². The number of pyridine rings is 2. The number of hydrogen-bond acceptors (Lipinski definition) is 6. The van der Waals surface area contributed by atoms with E-state index in [0.29, 0.717) is 11.3 Å². The molecule has 0 aromatic carbocycles. The molecule has 1 saturated heterocycles. The average molecular weight is 403 g/mol. The van der Waals surface area contributed by atoms with Gasteiger partial charge < -0.3 is 15.6 Å². The second kappa shape index (κ2) is 8.10. The van der Waals surface area contributed by atoms with E-state index in [-0.39, 0.29) is 17.9 Å². The molecule has 0 atom stereocenters. The summed E-state index contributed by atoms with van der Waals surface area (Å²) in [7, 11) is 0. The number of allylic oxidation sites excluding steroid dienone is 2. The number of nitrogens with one attached hydrogen (secondary N) is 2. The van der Waals surface area contributed by atoms with E-state index in [1.54, 1.807) is 20.0 Å². The Kier molecular flexibility index (Phi) is 5.35. The first-order valence-electron chi connectivity index (χ1n) is 10.2. The third-order valence-corrected chi connectivity index (χ3v) is 5.62. The monoisotopic (exact) mass is 402 g/mol. The number of rotatable bonds is 6. The van der Waals surface area contributed by atoms with Crippen molar-refractivity contribution in [2.45, 2.75) is 33.1 Å². The van der Waals surface area contributed by atoms with Crippen LogP contribution in [0.5, 0.6) is 0 Å². The number of Topliss-reactive ketones (excluding diaryl/α,β-unsaturated/α-hetero) is 1. The van der Waals surface area contributed by atoms with Crippen molar-refractivity contribution < 1.29 is 4.79 Å². The second-order valence-corrected chi connectivity index (χ2v) is 7.84. The van der Waals surface area contributed by atoms with Gasteiger partial charge in [-0.25, -0.2) is 9.97 Å². The molecule has 7 nitrogen and oxygen atoms in total. The Morgan fingerprint density at radius 3 is 2.70 bits per heavy atom. The largest absolute Gasteiger partial charge is 0.402 e. The zero-order chi connectivity index (χ0) is 21.3. The van der Waals surface area contributed by atoms with Crippen molar-refractivity contribution in [2.75, 3.05) is 18.0 Å². The Balaban J connectivity index is 1.57. The number of fused-ring (bicyclic) bond motifs is 1. The maximum absolute atomic E-state index is 12.4. The van der Waals surface area contributed by atoms with Gasteiger partial charge in [-0.2, -0.15) is 0 Å². The highest BCUT2D eigenvalue weighted by Gasteiger charge is 2.16. The minimum absolute atomic E-state index is 0.0453. The zero-order valence-electron chi connectivity index (χ0n) is 17.3. The summed E-state index contributed by atoms with van der Waals surface area (Å²) in [4.78, 5) is 27.1. The van der Waals surface area contributed by atoms with Crippen LogP contribution in [0.15, 0.2) is 47.9 Å². The van der Waals surface area contributed by atoms with E-state index >= 15 is 0 Å². The molecule has 0 saturated carbocycles. The summed E-state index contributed by atoms with van der Waals surface area (Å²) in [5, 5.41) is 8.96. The van der Waals surface area contributed by atoms with E-state index in [2.05, 4.69) is 25.9 Å². The summed E-state index contributed by atoms with van der Waals surface area (Å²) in [6, 6.07) is 8.08. The lowest BCUT2D eigenvalue weighted by Gasteiger charge is -2.16. The van der Waals surface area contributed by atoms with Crippen molar-refractivity contribution in [3.63, 3.8) is 0 Å². The molecule has 3 aromatic heterocycles. The molecule has 4 N–H and O–H groups in total. The van der Waals surface area contributed by atoms with E-state index in [4.69, 9.17) is 11.1 Å². The quantitative estimate of drug-likeness (QED) is 0.545. The normalized spacial score (nSPS) is 14.8. The highest BCUT2D eigenvalue weighted by Crippen LogP contribution is 2.27. The summed E-state index contributed by atoms with van der Waals surface area (Å²) < 4.78 is 0. The summed E-state index contributed by atoms with van der Waals surface area (Å²) in [5.41, 5.74) is 10.2. The molecule has 0 bridgehead atoms. The van der Waals surface area contributed by atoms with Gasteiger partial charge in [0.25, 0.3) is 0 Å². The van der Waals surface area contributed by atoms with Crippen molar-refractivity contribution in [1.82, 2.24) is 15.0 Å². The van der Waals surface area contributed by atoms with Crippen LogP contribution >= 0.6 is 0 Å². The third kappa shape index (κ3) is 3.96. The fourth-order valence-electron chi connectivity index (χ4n) is 3.70. The molecule has 7 heteroatoms. The maximum atomic E-state index is 12.4. The lowest BCUT2D eigenvalue weighted by atomic mass is 10.0. The third-order valence-electron chi connectivity index (χ3n) is 5.62. The number of H-pyrrole nitrogens is 1. The van der Waals surface area contributed by atoms with E-state index < -0.39 is 0 Å². The van der Waals surface area contributed by atoms with Crippen LogP contribution in [0.2, 0.25) is 0 Å². The molecule has 3 aromatic rings. The van der Waals surface area contributed by atoms with E-state index in [0.717, 1.165) is 46.8 Å². The predicted octanol–water partition coefficient (Wildman–Crippen LogP) is 3.61. The Morgan fingerprint density at radius 2 is 1.97 bits per heavy atom. The highest BCUT2D eigenvalue weighted by molar-refractivity contribution is 6.45. The Hall–Kier alpha value is -3.48. The number of carbonyl (C=O) groups is 1. The number of ketones is 1. The Labute approximate surface area is 175 Å². The first-order chi connectivity index (χ1) is 14.4. The lowest BCUT2D eigenvalue weighted by molar-refractivity contribution is -0.112. The summed E-state index contributed by atoms with van der Waals surface area (Å²) >= 11 is 0. The topological polar surface area (TPSA) is 112 Å². The van der Waals surface area contributed by atoms with Crippen LogP contribution in [0.3, 0.4) is 0 Å². The number of carbonyl (C=O) groups excluding carboxylic acids is 1. The molecule has 1 fully saturated rings. The minimum atomic E-state index is -0.265. The van der Waals surface area contributed by atoms with Gasteiger partial charge in [-0.1, -0.05) is 0 Å². The maximum Gasteiger partial charge on any atom is 0.185 e. The molecule has 1 aliphatic rings. The van der Waals surface area contributed by atoms with Crippen LogP contribution < -0.4 is 10.6 Å². The molecule has 0 unspecified atom stereocenters. The summed E-state index contributed by atoms with van der Waals surface area (Å²) in [5.74, 6) is 0.735. The first-order valence-corrected chi connectivity index (χ1v) is 10.2. The highest BCUT2D eigenvalue weighted by atomic mass is 16.1. The molecule has 0 aliphatic carbocycles. The number of anilines is 1. The average Bonchev–Trinajstić information content (AvgIpc) is 3.42. The molecule has 30 heavy (non-hydrogen) atoms. The van der Waals surface area contributed by atoms with Gasteiger partial charge in [0, 0.05) is 54.2 Å². The van der Waals surface area contributed by atoms with E-state index in [1.807, 2.05) is 24.4 Å². The van der Waals surface area contributed by atoms with Crippen LogP contribution in [0.4, 0.5) is 5.82 Å². The fourth-order valence-corrected chi connectivity index (χ4v) is 3.70. The van der Waals surface area contributed by atoms with Crippen LogP contribution in [0, 0.1) is 5.41 Å². The van der Waals surface area contributed by atoms with Gasteiger partial charge in [-0.15, -0.1) is 0 Å². The molecule has 0 spiro atoms. The van der Waals surface area contributed by atoms with Crippen molar-refractivity contribution in [3.8, 4) is 11.3 Å². The molecule has 4 heterocycles. The smallest absolute Gasteiger partial charge is 0.185 e. The van der Waals surface area contributed by atoms with Gasteiger partial charge in [0.15, 0.2) is 5.78 Å². The van der Waals surface area contributed by atoms with Crippen LogP contribution in [0.1, 0.15) is 32.3 Å². The summed E-state index contributed by atoms with van der Waals surface area (Å²) in [6.07, 6.45) is 6.07. The van der Waals surface area contributed by atoms with Gasteiger partial charge in [0.2, 0.25) is 0 Å². The number of aromatic nitrogens is 3. The fraction of sp³-hybridized carbons (Fsp3) is 0.304. The minimum Gasteiger partial charge on any atom is -0.402 e. The van der Waals surface area contributed by atoms with E-state index in [9.17, 15) is 4.79 Å². The standard InChI is InChI=1S/C23H26N6O/c1-14(15(2)24)22(25)20(30)10-16-9-18-11-19(28-23(18)27-13-16)17-5-6-26-21(12-17)29-7-3-4-8-29/h5-6,9,11-13,25H,3-4,7-8,10,24H2,1-2H3,(H,27,28)/b15-14-,25-22?. The zero-order valence-corrected chi connectivity index (χ0v) is 17.3. The van der Waals surface area contributed by atoms with Crippen LogP contribution in [-0.2, 0) is 11.2 Å². The molecule has 0 amide bonds. The number of nitrogens with zero attached hydrogens (tertiary/aromatic N) is 3. The Morgan fingerprint density at radius 1 is 1.20 bits per heavy atom. The van der Waals surface area contributed by atoms with Crippen LogP contribution in [0.25, 0.3) is 22.3 Å². The second-order valence-electron chi connectivity index (χ2n) is 7.84. The Bertz CT molecular complexity index is 1150. The molecular weight excluding hydrogens is 376 g/mol. The molecule has 154 valence electrons. The first kappa shape index (κ1) is 19.8. The number of hydrogen-bond donors (Lipinski definition) is 3. The molecule has 4 rings (SSSR count). The SMILES string of the molecule is C/C(N)=C(\C)C(=N)C(=O)Cc1cnc2[nH]c(-c3ccnc(N4CCCC4)c3)cc2c1. The van der Waals surface area contributed by atoms with Gasteiger partial charge in [-0.05, 0) is 62.1 Å². The van der Waals surface area contributed by atoms with Gasteiger partial charge in [0.05, 0.1) is 0 Å². The van der Waals surface area contributed by atoms with Gasteiger partial charge in [-0.3, -0.25) is 10.2 Å². The van der Waals surface area contributed by atoms with E-state index in [1.165, 1.54) is 12.8 Å². The van der Waals surface area contributed by atoms with Crippen molar-refractivity contribution in [2.24, 2.45) is 5.73 Å². The number of aromatic amines is 1. The van der Waals surface area contributed by atoms with Crippen LogP contribution in [-0.4, -0.2) is 39.5 Å². The number of nitrogens with two attached hydrogens (primary N) is 1. The van der Waals surface area contributed by atoms with Gasteiger partial charge >= 0.3 is 0 Å². The summed E-state index contributed by atoms with van der Waals surface area (Å²) in [6.45, 7) is 5.49. The lowest BCUT2D eigenvalue weighted by Crippen LogP contribution is -2.19. The molecule has 0 radical (unpaired) electrons. The molecule has 1 aliphatic heterocycles. The van der Waals surface area contributed by atoms with Crippen molar-refractivity contribution in [1.29, 1.82) is 5.41 Å². The molecular formula is C23H26N6O.